The van der Waals surface area contributed by atoms with Gasteiger partial charge >= 0.3 is 0 Å². The summed E-state index contributed by atoms with van der Waals surface area (Å²) in [7, 11) is 0. The summed E-state index contributed by atoms with van der Waals surface area (Å²) in [5, 5.41) is 4.89. The summed E-state index contributed by atoms with van der Waals surface area (Å²) in [4.78, 5) is 4.73. The van der Waals surface area contributed by atoms with Crippen molar-refractivity contribution in [3.63, 3.8) is 0 Å². The van der Waals surface area contributed by atoms with Crippen molar-refractivity contribution in [3.8, 4) is 22.8 Å². The van der Waals surface area contributed by atoms with Crippen molar-refractivity contribution in [3.05, 3.63) is 115 Å². The number of hydrogen-bond acceptors (Lipinski definition) is 2. The zero-order valence-electron chi connectivity index (χ0n) is 19.6. The summed E-state index contributed by atoms with van der Waals surface area (Å²) >= 11 is 0. The van der Waals surface area contributed by atoms with E-state index in [4.69, 9.17) is 9.72 Å². The van der Waals surface area contributed by atoms with E-state index < -0.39 is 0 Å². The Morgan fingerprint density at radius 1 is 0.667 bits per heavy atom. The van der Waals surface area contributed by atoms with Crippen molar-refractivity contribution < 1.29 is 4.74 Å². The van der Waals surface area contributed by atoms with Crippen LogP contribution in [0.5, 0.6) is 11.5 Å². The average Bonchev–Trinajstić information content (AvgIpc) is 3.28. The lowest BCUT2D eigenvalue weighted by molar-refractivity contribution is 0.484. The third-order valence-electron chi connectivity index (χ3n) is 7.56. The number of benzene rings is 4. The van der Waals surface area contributed by atoms with Crippen molar-refractivity contribution in [2.75, 3.05) is 0 Å². The SMILES string of the molecule is C1=C(c2ccccc2)CCC(n2c3ccccc3c3c4cccc5c4c(cc32)-c2ncccc2O5)=C1. The largest absolute Gasteiger partial charge is 0.454 e. The second kappa shape index (κ2) is 7.43. The molecule has 8 rings (SSSR count). The van der Waals surface area contributed by atoms with Crippen molar-refractivity contribution >= 4 is 43.8 Å². The summed E-state index contributed by atoms with van der Waals surface area (Å²) in [5.41, 5.74) is 8.51. The lowest BCUT2D eigenvalue weighted by Crippen LogP contribution is -2.02. The molecule has 0 atom stereocenters. The third-order valence-corrected chi connectivity index (χ3v) is 7.56. The van der Waals surface area contributed by atoms with Crippen LogP contribution in [0.25, 0.3) is 55.1 Å². The Hall–Kier alpha value is -4.63. The van der Waals surface area contributed by atoms with Crippen LogP contribution < -0.4 is 4.74 Å². The number of rotatable bonds is 2. The highest BCUT2D eigenvalue weighted by atomic mass is 16.5. The Kier molecular flexibility index (Phi) is 4.06. The van der Waals surface area contributed by atoms with Crippen LogP contribution in [-0.2, 0) is 0 Å². The lowest BCUT2D eigenvalue weighted by Gasteiger charge is -2.22. The van der Waals surface area contributed by atoms with Crippen molar-refractivity contribution in [2.24, 2.45) is 0 Å². The Morgan fingerprint density at radius 2 is 1.50 bits per heavy atom. The molecule has 6 aromatic rings. The van der Waals surface area contributed by atoms with E-state index >= 15 is 0 Å². The first-order valence-electron chi connectivity index (χ1n) is 12.4. The summed E-state index contributed by atoms with van der Waals surface area (Å²) in [6.07, 6.45) is 8.45. The van der Waals surface area contributed by atoms with Gasteiger partial charge in [0.2, 0.25) is 0 Å². The summed E-state index contributed by atoms with van der Waals surface area (Å²) in [5.74, 6) is 1.71. The normalized spacial score (nSPS) is 14.4. The molecule has 3 heteroatoms. The smallest absolute Gasteiger partial charge is 0.153 e. The molecule has 0 radical (unpaired) electrons. The van der Waals surface area contributed by atoms with Gasteiger partial charge in [0.25, 0.3) is 0 Å². The van der Waals surface area contributed by atoms with Crippen LogP contribution >= 0.6 is 0 Å². The monoisotopic (exact) mass is 462 g/mol. The molecule has 0 saturated heterocycles. The van der Waals surface area contributed by atoms with Crippen LogP contribution in [0.15, 0.2) is 109 Å². The van der Waals surface area contributed by atoms with Gasteiger partial charge in [-0.3, -0.25) is 4.98 Å². The van der Waals surface area contributed by atoms with Crippen LogP contribution in [0.4, 0.5) is 0 Å². The minimum atomic E-state index is 0.812. The third kappa shape index (κ3) is 2.71. The molecule has 0 fully saturated rings. The molecule has 36 heavy (non-hydrogen) atoms. The van der Waals surface area contributed by atoms with E-state index in [1.54, 1.807) is 0 Å². The number of allylic oxidation sites excluding steroid dienone is 4. The van der Waals surface area contributed by atoms with Crippen molar-refractivity contribution in [2.45, 2.75) is 12.8 Å². The molecule has 2 aromatic heterocycles. The molecular formula is C33H22N2O. The number of pyridine rings is 1. The number of aromatic nitrogens is 2. The molecule has 4 aromatic carbocycles. The van der Waals surface area contributed by atoms with E-state index in [2.05, 4.69) is 95.6 Å². The average molecular weight is 463 g/mol. The van der Waals surface area contributed by atoms with Gasteiger partial charge in [-0.1, -0.05) is 66.7 Å². The van der Waals surface area contributed by atoms with Crippen LogP contribution in [0.2, 0.25) is 0 Å². The van der Waals surface area contributed by atoms with E-state index in [0.717, 1.165) is 41.0 Å². The number of fused-ring (bicyclic) bond motifs is 6. The highest BCUT2D eigenvalue weighted by Gasteiger charge is 2.25. The number of para-hydroxylation sites is 1. The second-order valence-electron chi connectivity index (χ2n) is 9.52. The van der Waals surface area contributed by atoms with E-state index in [1.165, 1.54) is 44.0 Å². The van der Waals surface area contributed by atoms with Gasteiger partial charge in [-0.25, -0.2) is 0 Å². The van der Waals surface area contributed by atoms with Gasteiger partial charge in [0, 0.05) is 33.6 Å². The molecule has 0 bridgehead atoms. The maximum absolute atomic E-state index is 6.30. The molecule has 0 saturated carbocycles. The van der Waals surface area contributed by atoms with Gasteiger partial charge < -0.3 is 9.30 Å². The van der Waals surface area contributed by atoms with Crippen LogP contribution in [-0.4, -0.2) is 9.55 Å². The van der Waals surface area contributed by atoms with E-state index in [1.807, 2.05) is 18.3 Å². The van der Waals surface area contributed by atoms with Crippen LogP contribution in [0, 0.1) is 0 Å². The quantitative estimate of drug-likeness (QED) is 0.257. The number of hydrogen-bond donors (Lipinski definition) is 0. The molecule has 1 aliphatic carbocycles. The van der Waals surface area contributed by atoms with Gasteiger partial charge in [-0.2, -0.15) is 0 Å². The Labute approximate surface area is 208 Å². The van der Waals surface area contributed by atoms with Crippen molar-refractivity contribution in [1.82, 2.24) is 9.55 Å². The molecule has 2 aliphatic rings. The summed E-state index contributed by atoms with van der Waals surface area (Å²) < 4.78 is 8.76. The van der Waals surface area contributed by atoms with Gasteiger partial charge in [-0.15, -0.1) is 0 Å². The minimum absolute atomic E-state index is 0.812. The molecule has 3 heterocycles. The second-order valence-corrected chi connectivity index (χ2v) is 9.52. The molecule has 3 nitrogen and oxygen atoms in total. The molecule has 0 unspecified atom stereocenters. The first-order chi connectivity index (χ1) is 17.9. The minimum Gasteiger partial charge on any atom is -0.454 e. The fourth-order valence-corrected chi connectivity index (χ4v) is 5.99. The first-order valence-corrected chi connectivity index (χ1v) is 12.4. The standard InChI is InChI=1S/C33H22N2O/c1-2-8-21(9-3-1)22-15-17-23(18-16-22)35-27-12-5-4-10-24(27)31-25-11-6-13-29-32(25)26(20-28(31)35)33-30(36-29)14-7-19-34-33/h1-15,17,19-20H,16,18H2. The molecule has 0 N–H and O–H groups in total. The predicted octanol–water partition coefficient (Wildman–Crippen LogP) is 8.83. The molecular weight excluding hydrogens is 440 g/mol. The van der Waals surface area contributed by atoms with Crippen LogP contribution in [0.3, 0.4) is 0 Å². The van der Waals surface area contributed by atoms with Crippen LogP contribution in [0.1, 0.15) is 18.4 Å². The zero-order chi connectivity index (χ0) is 23.6. The zero-order valence-corrected chi connectivity index (χ0v) is 19.6. The molecule has 1 aliphatic heterocycles. The molecule has 0 amide bonds. The topological polar surface area (TPSA) is 27.1 Å². The molecule has 0 spiro atoms. The maximum atomic E-state index is 6.30. The predicted molar refractivity (Wildman–Crippen MR) is 148 cm³/mol. The fraction of sp³-hybridized carbons (Fsp3) is 0.0606. The van der Waals surface area contributed by atoms with Crippen molar-refractivity contribution in [1.29, 1.82) is 0 Å². The summed E-state index contributed by atoms with van der Waals surface area (Å²) in [6.45, 7) is 0. The van der Waals surface area contributed by atoms with Gasteiger partial charge in [0.1, 0.15) is 11.4 Å². The highest BCUT2D eigenvalue weighted by Crippen LogP contribution is 2.49. The molecule has 170 valence electrons. The fourth-order valence-electron chi connectivity index (χ4n) is 5.99. The Balaban J connectivity index is 1.45. The number of ether oxygens (including phenoxy) is 1. The highest BCUT2D eigenvalue weighted by molar-refractivity contribution is 6.26. The summed E-state index contributed by atoms with van der Waals surface area (Å²) in [6, 6.07) is 32.1. The van der Waals surface area contributed by atoms with E-state index in [9.17, 15) is 0 Å². The van der Waals surface area contributed by atoms with Gasteiger partial charge in [0.05, 0.1) is 11.0 Å². The van der Waals surface area contributed by atoms with E-state index in [0.29, 0.717) is 0 Å². The number of nitrogens with zero attached hydrogens (tertiary/aromatic N) is 2. The Morgan fingerprint density at radius 3 is 2.39 bits per heavy atom. The first kappa shape index (κ1) is 19.7. The van der Waals surface area contributed by atoms with E-state index in [-0.39, 0.29) is 0 Å². The Bertz CT molecular complexity index is 1910. The van der Waals surface area contributed by atoms with Gasteiger partial charge in [0.15, 0.2) is 5.75 Å². The lowest BCUT2D eigenvalue weighted by atomic mass is 9.94. The van der Waals surface area contributed by atoms with Gasteiger partial charge in [-0.05, 0) is 65.8 Å². The maximum Gasteiger partial charge on any atom is 0.153 e.